The molecule has 1 atom stereocenters. The number of rotatable bonds is 8. The number of amides is 2. The molecule has 3 aromatic rings. The van der Waals surface area contributed by atoms with Gasteiger partial charge in [-0.25, -0.2) is 4.79 Å². The molecule has 2 heterocycles. The van der Waals surface area contributed by atoms with Gasteiger partial charge >= 0.3 is 5.97 Å². The van der Waals surface area contributed by atoms with Crippen LogP contribution in [0.15, 0.2) is 66.7 Å². The standard InChI is InChI=1S/C28H24ClN3O6S/c1-2-36-27(35)18-4-10-21(11-5-18)32-26(34)22(14-25(33)30-20-8-6-19(29)7-9-20)31(28(32)39)15-17-3-12-23-24(13-17)38-16-37-23/h3-13,22H,2,14-16H2,1H3,(H,30,33)/t22-/m1/s1. The molecule has 3 aromatic carbocycles. The van der Waals surface area contributed by atoms with Gasteiger partial charge in [0.15, 0.2) is 16.6 Å². The lowest BCUT2D eigenvalue weighted by atomic mass is 10.1. The Morgan fingerprint density at radius 1 is 1.05 bits per heavy atom. The summed E-state index contributed by atoms with van der Waals surface area (Å²) in [5.74, 6) is 0.0820. The monoisotopic (exact) mass is 565 g/mol. The summed E-state index contributed by atoms with van der Waals surface area (Å²) in [4.78, 5) is 41.9. The minimum Gasteiger partial charge on any atom is -0.462 e. The number of fused-ring (bicyclic) bond motifs is 1. The zero-order valence-electron chi connectivity index (χ0n) is 20.9. The van der Waals surface area contributed by atoms with E-state index in [1.54, 1.807) is 66.4 Å². The predicted molar refractivity (Wildman–Crippen MR) is 149 cm³/mol. The Labute approximate surface area is 235 Å². The molecule has 1 fully saturated rings. The molecule has 1 N–H and O–H groups in total. The van der Waals surface area contributed by atoms with E-state index in [1.165, 1.54) is 4.90 Å². The fourth-order valence-corrected chi connectivity index (χ4v) is 4.88. The molecule has 2 aliphatic rings. The van der Waals surface area contributed by atoms with Gasteiger partial charge in [0.25, 0.3) is 5.91 Å². The molecular formula is C28H24ClN3O6S. The van der Waals surface area contributed by atoms with E-state index in [1.807, 2.05) is 12.1 Å². The number of nitrogens with one attached hydrogen (secondary N) is 1. The summed E-state index contributed by atoms with van der Waals surface area (Å²) < 4.78 is 15.9. The zero-order valence-corrected chi connectivity index (χ0v) is 22.5. The summed E-state index contributed by atoms with van der Waals surface area (Å²) in [5.41, 5.74) is 2.23. The highest BCUT2D eigenvalue weighted by atomic mass is 35.5. The second-order valence-electron chi connectivity index (χ2n) is 8.81. The summed E-state index contributed by atoms with van der Waals surface area (Å²) in [7, 11) is 0. The highest BCUT2D eigenvalue weighted by Gasteiger charge is 2.44. The third-order valence-electron chi connectivity index (χ3n) is 6.25. The lowest BCUT2D eigenvalue weighted by molar-refractivity contribution is -0.124. The minimum absolute atomic E-state index is 0.135. The highest BCUT2D eigenvalue weighted by Crippen LogP contribution is 2.35. The largest absolute Gasteiger partial charge is 0.462 e. The van der Waals surface area contributed by atoms with E-state index in [0.717, 1.165) is 5.56 Å². The molecule has 0 aliphatic carbocycles. The van der Waals surface area contributed by atoms with Crippen molar-refractivity contribution in [3.05, 3.63) is 82.9 Å². The van der Waals surface area contributed by atoms with Gasteiger partial charge in [-0.3, -0.25) is 14.5 Å². The lowest BCUT2D eigenvalue weighted by Crippen LogP contribution is -2.37. The number of ether oxygens (including phenoxy) is 3. The Kier molecular flexibility index (Phi) is 7.67. The molecule has 0 aromatic heterocycles. The van der Waals surface area contributed by atoms with Crippen molar-refractivity contribution >= 4 is 58.1 Å². The number of halogens is 1. The summed E-state index contributed by atoms with van der Waals surface area (Å²) in [6, 6.07) is 17.7. The van der Waals surface area contributed by atoms with Crippen molar-refractivity contribution in [3.63, 3.8) is 0 Å². The Morgan fingerprint density at radius 2 is 1.77 bits per heavy atom. The second-order valence-corrected chi connectivity index (χ2v) is 9.62. The number of thiocarbonyl (C=S) groups is 1. The zero-order chi connectivity index (χ0) is 27.5. The van der Waals surface area contributed by atoms with Crippen LogP contribution in [0.1, 0.15) is 29.3 Å². The van der Waals surface area contributed by atoms with Crippen LogP contribution in [0.25, 0.3) is 0 Å². The maximum absolute atomic E-state index is 13.7. The van der Waals surface area contributed by atoms with E-state index in [9.17, 15) is 14.4 Å². The molecule has 0 spiro atoms. The molecule has 5 rings (SSSR count). The van der Waals surface area contributed by atoms with Crippen LogP contribution in [0, 0.1) is 0 Å². The van der Waals surface area contributed by atoms with E-state index < -0.39 is 12.0 Å². The average molecular weight is 566 g/mol. The van der Waals surface area contributed by atoms with Crippen molar-refractivity contribution in [1.29, 1.82) is 0 Å². The molecule has 11 heteroatoms. The molecule has 0 saturated carbocycles. The molecule has 2 amide bonds. The third kappa shape index (κ3) is 5.67. The summed E-state index contributed by atoms with van der Waals surface area (Å²) in [5, 5.41) is 3.60. The van der Waals surface area contributed by atoms with Gasteiger partial charge in [0.05, 0.1) is 24.3 Å². The van der Waals surface area contributed by atoms with Gasteiger partial charge in [0, 0.05) is 17.3 Å². The molecular weight excluding hydrogens is 542 g/mol. The number of esters is 1. The number of benzene rings is 3. The number of anilines is 2. The van der Waals surface area contributed by atoms with Gasteiger partial charge in [0.2, 0.25) is 12.7 Å². The molecule has 9 nitrogen and oxygen atoms in total. The van der Waals surface area contributed by atoms with Gasteiger partial charge in [0.1, 0.15) is 6.04 Å². The molecule has 39 heavy (non-hydrogen) atoms. The SMILES string of the molecule is CCOC(=O)c1ccc(N2C(=O)[C@@H](CC(=O)Nc3ccc(Cl)cc3)N(Cc3ccc4c(c3)OCO4)C2=S)cc1. The second kappa shape index (κ2) is 11.3. The summed E-state index contributed by atoms with van der Waals surface area (Å²) in [6.07, 6.45) is -0.135. The van der Waals surface area contributed by atoms with E-state index in [2.05, 4.69) is 5.32 Å². The number of carbonyl (C=O) groups is 3. The van der Waals surface area contributed by atoms with Crippen LogP contribution in [-0.4, -0.2) is 47.2 Å². The normalized spacial score (nSPS) is 16.0. The first-order chi connectivity index (χ1) is 18.8. The van der Waals surface area contributed by atoms with Gasteiger partial charge in [-0.2, -0.15) is 0 Å². The first-order valence-corrected chi connectivity index (χ1v) is 13.0. The Bertz CT molecular complexity index is 1430. The van der Waals surface area contributed by atoms with Crippen molar-refractivity contribution in [2.45, 2.75) is 25.9 Å². The van der Waals surface area contributed by atoms with E-state index in [4.69, 9.17) is 38.0 Å². The fourth-order valence-electron chi connectivity index (χ4n) is 4.37. The van der Waals surface area contributed by atoms with E-state index >= 15 is 0 Å². The van der Waals surface area contributed by atoms with Crippen LogP contribution in [0.3, 0.4) is 0 Å². The van der Waals surface area contributed by atoms with Gasteiger partial charge in [-0.15, -0.1) is 0 Å². The number of carbonyl (C=O) groups excluding carboxylic acids is 3. The molecule has 2 aliphatic heterocycles. The Balaban J connectivity index is 1.40. The van der Waals surface area contributed by atoms with Gasteiger partial charge < -0.3 is 24.4 Å². The quantitative estimate of drug-likeness (QED) is 0.308. The van der Waals surface area contributed by atoms with Gasteiger partial charge in [-0.05, 0) is 85.4 Å². The Hall–Kier alpha value is -4.15. The average Bonchev–Trinajstić information content (AvgIpc) is 3.48. The summed E-state index contributed by atoms with van der Waals surface area (Å²) in [6.45, 7) is 2.38. The van der Waals surface area contributed by atoms with Crippen LogP contribution in [0.2, 0.25) is 5.02 Å². The first-order valence-electron chi connectivity index (χ1n) is 12.2. The lowest BCUT2D eigenvalue weighted by Gasteiger charge is -2.24. The van der Waals surface area contributed by atoms with Crippen molar-refractivity contribution in [2.24, 2.45) is 0 Å². The maximum Gasteiger partial charge on any atom is 0.338 e. The van der Waals surface area contributed by atoms with Crippen LogP contribution >= 0.6 is 23.8 Å². The molecule has 0 unspecified atom stereocenters. The Morgan fingerprint density at radius 3 is 2.49 bits per heavy atom. The maximum atomic E-state index is 13.7. The highest BCUT2D eigenvalue weighted by molar-refractivity contribution is 7.80. The predicted octanol–water partition coefficient (Wildman–Crippen LogP) is 4.78. The molecule has 0 radical (unpaired) electrons. The molecule has 0 bridgehead atoms. The first kappa shape index (κ1) is 26.5. The number of nitrogens with zero attached hydrogens (tertiary/aromatic N) is 2. The minimum atomic E-state index is -0.861. The van der Waals surface area contributed by atoms with Crippen molar-refractivity contribution in [2.75, 3.05) is 23.6 Å². The van der Waals surface area contributed by atoms with Gasteiger partial charge in [-0.1, -0.05) is 17.7 Å². The van der Waals surface area contributed by atoms with Crippen LogP contribution in [0.4, 0.5) is 11.4 Å². The molecule has 200 valence electrons. The van der Waals surface area contributed by atoms with E-state index in [0.29, 0.717) is 33.5 Å². The van der Waals surface area contributed by atoms with Crippen LogP contribution in [0.5, 0.6) is 11.5 Å². The number of hydrogen-bond donors (Lipinski definition) is 1. The summed E-state index contributed by atoms with van der Waals surface area (Å²) >= 11 is 11.7. The van der Waals surface area contributed by atoms with Crippen molar-refractivity contribution < 1.29 is 28.6 Å². The van der Waals surface area contributed by atoms with Crippen molar-refractivity contribution in [1.82, 2.24) is 4.90 Å². The number of hydrogen-bond acceptors (Lipinski definition) is 7. The van der Waals surface area contributed by atoms with Crippen LogP contribution < -0.4 is 19.7 Å². The molecule has 1 saturated heterocycles. The smallest absolute Gasteiger partial charge is 0.338 e. The fraction of sp³-hybridized carbons (Fsp3) is 0.214. The van der Waals surface area contributed by atoms with Crippen LogP contribution in [-0.2, 0) is 20.9 Å². The topological polar surface area (TPSA) is 97.4 Å². The third-order valence-corrected chi connectivity index (χ3v) is 6.92. The van der Waals surface area contributed by atoms with E-state index in [-0.39, 0.29) is 43.3 Å². The van der Waals surface area contributed by atoms with Crippen molar-refractivity contribution in [3.8, 4) is 11.5 Å².